The Balaban J connectivity index is 1.70. The van der Waals surface area contributed by atoms with Gasteiger partial charge in [-0.15, -0.1) is 11.3 Å². The molecule has 1 N–H and O–H groups in total. The number of fused-ring (bicyclic) bond motifs is 1. The molecule has 0 radical (unpaired) electrons. The Bertz CT molecular complexity index is 742. The fourth-order valence-corrected chi connectivity index (χ4v) is 4.30. The van der Waals surface area contributed by atoms with Crippen LogP contribution in [-0.4, -0.2) is 16.0 Å². The fraction of sp³-hybridized carbons (Fsp3) is 0.611. The first-order valence-electron chi connectivity index (χ1n) is 8.46. The summed E-state index contributed by atoms with van der Waals surface area (Å²) in [4.78, 5) is 18.8. The van der Waals surface area contributed by atoms with E-state index < -0.39 is 0 Å². The molecular weight excluding hydrogens is 322 g/mol. The van der Waals surface area contributed by atoms with Gasteiger partial charge in [0.15, 0.2) is 5.82 Å². The molecule has 6 heteroatoms. The van der Waals surface area contributed by atoms with Crippen molar-refractivity contribution in [3.63, 3.8) is 0 Å². The van der Waals surface area contributed by atoms with E-state index in [0.717, 1.165) is 17.7 Å². The highest BCUT2D eigenvalue weighted by atomic mass is 32.1. The van der Waals surface area contributed by atoms with Gasteiger partial charge in [0.1, 0.15) is 6.04 Å². The first-order chi connectivity index (χ1) is 11.2. The second-order valence-electron chi connectivity index (χ2n) is 7.74. The van der Waals surface area contributed by atoms with Crippen molar-refractivity contribution in [2.24, 2.45) is 11.3 Å². The second kappa shape index (κ2) is 6.31. The number of thiophene rings is 1. The number of aryl methyl sites for hydroxylation is 2. The van der Waals surface area contributed by atoms with Crippen LogP contribution in [0.25, 0.3) is 0 Å². The van der Waals surface area contributed by atoms with Crippen LogP contribution in [0.2, 0.25) is 0 Å². The van der Waals surface area contributed by atoms with Gasteiger partial charge in [-0.3, -0.25) is 4.79 Å². The summed E-state index contributed by atoms with van der Waals surface area (Å²) in [5.41, 5.74) is 1.66. The predicted molar refractivity (Wildman–Crippen MR) is 94.2 cm³/mol. The Kier molecular flexibility index (Phi) is 4.51. The van der Waals surface area contributed by atoms with Gasteiger partial charge in [0.05, 0.1) is 4.88 Å². The minimum atomic E-state index is -0.292. The van der Waals surface area contributed by atoms with E-state index in [1.54, 1.807) is 18.3 Å². The molecule has 2 aromatic heterocycles. The maximum Gasteiger partial charge on any atom is 0.262 e. The normalized spacial score (nSPS) is 19.0. The lowest BCUT2D eigenvalue weighted by Gasteiger charge is -2.33. The van der Waals surface area contributed by atoms with Crippen LogP contribution in [0.5, 0.6) is 0 Å². The van der Waals surface area contributed by atoms with Gasteiger partial charge < -0.3 is 9.84 Å². The zero-order chi connectivity index (χ0) is 17.5. The van der Waals surface area contributed by atoms with Gasteiger partial charge in [-0.1, -0.05) is 25.9 Å². The lowest BCUT2D eigenvalue weighted by Crippen LogP contribution is -2.26. The lowest BCUT2D eigenvalue weighted by molar-refractivity contribution is 0.0936. The van der Waals surface area contributed by atoms with Crippen LogP contribution < -0.4 is 5.32 Å². The molecule has 1 aliphatic carbocycles. The third-order valence-electron chi connectivity index (χ3n) is 4.79. The smallest absolute Gasteiger partial charge is 0.262 e. The number of carbonyl (C=O) groups is 1. The van der Waals surface area contributed by atoms with Crippen LogP contribution in [0.4, 0.5) is 0 Å². The zero-order valence-electron chi connectivity index (χ0n) is 15.0. The summed E-state index contributed by atoms with van der Waals surface area (Å²) in [7, 11) is 0. The topological polar surface area (TPSA) is 68.0 Å². The van der Waals surface area contributed by atoms with Crippen molar-refractivity contribution in [1.29, 1.82) is 0 Å². The van der Waals surface area contributed by atoms with Gasteiger partial charge in [0.2, 0.25) is 5.89 Å². The quantitative estimate of drug-likeness (QED) is 0.908. The average Bonchev–Trinajstić information content (AvgIpc) is 3.11. The maximum atomic E-state index is 12.5. The van der Waals surface area contributed by atoms with Gasteiger partial charge in [-0.05, 0) is 56.1 Å². The van der Waals surface area contributed by atoms with E-state index in [4.69, 9.17) is 4.52 Å². The maximum absolute atomic E-state index is 12.5. The summed E-state index contributed by atoms with van der Waals surface area (Å²) in [6.45, 7) is 10.5. The van der Waals surface area contributed by atoms with E-state index in [9.17, 15) is 4.79 Å². The number of rotatable bonds is 3. The molecule has 0 spiro atoms. The Labute approximate surface area is 146 Å². The number of nitrogens with zero attached hydrogens (tertiary/aromatic N) is 2. The molecule has 0 aromatic carbocycles. The van der Waals surface area contributed by atoms with Crippen molar-refractivity contribution < 1.29 is 9.32 Å². The van der Waals surface area contributed by atoms with Crippen LogP contribution >= 0.6 is 11.3 Å². The van der Waals surface area contributed by atoms with E-state index in [0.29, 0.717) is 23.0 Å². The standard InChI is InChI=1S/C18H25N3O2S/c1-10(17-20-11(2)21-23-17)19-16(22)15-9-12-8-13(18(3,4)5)6-7-14(12)24-15/h9-10,13H,6-8H2,1-5H3,(H,19,22). The van der Waals surface area contributed by atoms with Crippen molar-refractivity contribution in [2.75, 3.05) is 0 Å². The third-order valence-corrected chi connectivity index (χ3v) is 6.03. The van der Waals surface area contributed by atoms with E-state index in [2.05, 4.69) is 42.3 Å². The van der Waals surface area contributed by atoms with Gasteiger partial charge in [-0.2, -0.15) is 4.98 Å². The Morgan fingerprint density at radius 2 is 2.21 bits per heavy atom. The van der Waals surface area contributed by atoms with Crippen molar-refractivity contribution in [3.05, 3.63) is 33.1 Å². The molecule has 1 amide bonds. The number of hydrogen-bond acceptors (Lipinski definition) is 5. The zero-order valence-corrected chi connectivity index (χ0v) is 15.8. The van der Waals surface area contributed by atoms with Crippen molar-refractivity contribution >= 4 is 17.2 Å². The molecule has 5 nitrogen and oxygen atoms in total. The summed E-state index contributed by atoms with van der Waals surface area (Å²) < 4.78 is 5.12. The molecule has 1 aliphatic rings. The molecule has 2 unspecified atom stereocenters. The van der Waals surface area contributed by atoms with Crippen molar-refractivity contribution in [3.8, 4) is 0 Å². The number of amides is 1. The molecule has 2 aromatic rings. The van der Waals surface area contributed by atoms with Crippen LogP contribution in [0.3, 0.4) is 0 Å². The van der Waals surface area contributed by atoms with Gasteiger partial charge in [0.25, 0.3) is 5.91 Å². The molecule has 24 heavy (non-hydrogen) atoms. The van der Waals surface area contributed by atoms with Gasteiger partial charge in [-0.25, -0.2) is 0 Å². The number of carbonyl (C=O) groups excluding carboxylic acids is 1. The summed E-state index contributed by atoms with van der Waals surface area (Å²) in [6, 6.07) is 1.78. The average molecular weight is 347 g/mol. The molecule has 0 aliphatic heterocycles. The minimum absolute atomic E-state index is 0.0648. The lowest BCUT2D eigenvalue weighted by atomic mass is 9.72. The van der Waals surface area contributed by atoms with Gasteiger partial charge in [0, 0.05) is 4.88 Å². The highest BCUT2D eigenvalue weighted by Gasteiger charge is 2.30. The van der Waals surface area contributed by atoms with Crippen LogP contribution in [-0.2, 0) is 12.8 Å². The Morgan fingerprint density at radius 3 is 2.83 bits per heavy atom. The van der Waals surface area contributed by atoms with Crippen LogP contribution in [0.1, 0.15) is 72.0 Å². The fourth-order valence-electron chi connectivity index (χ4n) is 3.19. The molecule has 0 fully saturated rings. The van der Waals surface area contributed by atoms with E-state index in [-0.39, 0.29) is 11.9 Å². The largest absolute Gasteiger partial charge is 0.340 e. The van der Waals surface area contributed by atoms with Crippen LogP contribution in [0, 0.1) is 18.3 Å². The summed E-state index contributed by atoms with van der Waals surface area (Å²) in [5, 5.41) is 6.72. The van der Waals surface area contributed by atoms with E-state index >= 15 is 0 Å². The third kappa shape index (κ3) is 3.53. The summed E-state index contributed by atoms with van der Waals surface area (Å²) >= 11 is 1.62. The SMILES string of the molecule is Cc1noc(C(C)NC(=O)c2cc3c(s2)CCC(C(C)(C)C)C3)n1. The molecule has 3 rings (SSSR count). The first-order valence-corrected chi connectivity index (χ1v) is 9.28. The highest BCUT2D eigenvalue weighted by molar-refractivity contribution is 7.14. The Hall–Kier alpha value is -1.69. The Morgan fingerprint density at radius 1 is 1.46 bits per heavy atom. The molecule has 0 bridgehead atoms. The van der Waals surface area contributed by atoms with E-state index in [1.165, 1.54) is 16.9 Å². The predicted octanol–water partition coefficient (Wildman–Crippen LogP) is 4.08. The summed E-state index contributed by atoms with van der Waals surface area (Å²) in [6.07, 6.45) is 3.35. The second-order valence-corrected chi connectivity index (χ2v) is 8.88. The van der Waals surface area contributed by atoms with Crippen LogP contribution in [0.15, 0.2) is 10.6 Å². The molecule has 130 valence electrons. The number of aromatic nitrogens is 2. The number of nitrogens with one attached hydrogen (secondary N) is 1. The number of hydrogen-bond donors (Lipinski definition) is 1. The molecule has 2 heterocycles. The molecule has 0 saturated heterocycles. The molecule has 0 saturated carbocycles. The molecule has 2 atom stereocenters. The summed E-state index contributed by atoms with van der Waals surface area (Å²) in [5.74, 6) is 1.63. The monoisotopic (exact) mass is 347 g/mol. The first kappa shape index (κ1) is 17.1. The molecular formula is C18H25N3O2S. The van der Waals surface area contributed by atoms with Crippen molar-refractivity contribution in [2.45, 2.75) is 59.9 Å². The minimum Gasteiger partial charge on any atom is -0.340 e. The van der Waals surface area contributed by atoms with E-state index in [1.807, 2.05) is 6.92 Å². The van der Waals surface area contributed by atoms with Gasteiger partial charge >= 0.3 is 0 Å². The highest BCUT2D eigenvalue weighted by Crippen LogP contribution is 2.40. The van der Waals surface area contributed by atoms with Crippen molar-refractivity contribution in [1.82, 2.24) is 15.5 Å².